The van der Waals surface area contributed by atoms with Crippen LogP contribution in [-0.2, 0) is 15.3 Å². The number of rotatable bonds is 2. The zero-order chi connectivity index (χ0) is 10.8. The summed E-state index contributed by atoms with van der Waals surface area (Å²) in [6, 6.07) is 6.78. The standard InChI is InChI=1S/C10H8O4S/c1-13-15(12)9-6-14-8-5-3-2-4-7(8)10(9)11/h2-6H,1H3/t15-/m0/s1. The molecule has 1 heterocycles. The third-order valence-electron chi connectivity index (χ3n) is 1.98. The van der Waals surface area contributed by atoms with Gasteiger partial charge < -0.3 is 4.42 Å². The predicted molar refractivity (Wildman–Crippen MR) is 55.9 cm³/mol. The van der Waals surface area contributed by atoms with Crippen molar-refractivity contribution in [3.8, 4) is 0 Å². The maximum atomic E-state index is 11.8. The summed E-state index contributed by atoms with van der Waals surface area (Å²) in [6.07, 6.45) is 1.17. The van der Waals surface area contributed by atoms with Gasteiger partial charge in [0.05, 0.1) is 12.5 Å². The summed E-state index contributed by atoms with van der Waals surface area (Å²) in [5.41, 5.74) is 0.149. The first-order chi connectivity index (χ1) is 7.24. The Hall–Kier alpha value is -1.46. The summed E-state index contributed by atoms with van der Waals surface area (Å²) < 4.78 is 21.1. The van der Waals surface area contributed by atoms with Gasteiger partial charge in [-0.1, -0.05) is 12.1 Å². The van der Waals surface area contributed by atoms with Gasteiger partial charge in [-0.25, -0.2) is 4.21 Å². The molecular formula is C10H8O4S. The normalized spacial score (nSPS) is 12.9. The molecule has 0 bridgehead atoms. The molecule has 0 spiro atoms. The fraction of sp³-hybridized carbons (Fsp3) is 0.100. The van der Waals surface area contributed by atoms with E-state index < -0.39 is 11.1 Å². The van der Waals surface area contributed by atoms with Gasteiger partial charge in [-0.15, -0.1) is 0 Å². The fourth-order valence-corrected chi connectivity index (χ4v) is 1.83. The van der Waals surface area contributed by atoms with E-state index in [0.29, 0.717) is 11.0 Å². The highest BCUT2D eigenvalue weighted by Crippen LogP contribution is 2.12. The zero-order valence-corrected chi connectivity index (χ0v) is 8.74. The molecule has 1 atom stereocenters. The van der Waals surface area contributed by atoms with Crippen LogP contribution in [-0.4, -0.2) is 11.3 Å². The number of hydrogen-bond acceptors (Lipinski definition) is 4. The van der Waals surface area contributed by atoms with E-state index in [4.69, 9.17) is 4.42 Å². The van der Waals surface area contributed by atoms with Crippen LogP contribution >= 0.6 is 0 Å². The summed E-state index contributed by atoms with van der Waals surface area (Å²) in [6.45, 7) is 0. The largest absolute Gasteiger partial charge is 0.463 e. The molecule has 0 unspecified atom stereocenters. The van der Waals surface area contributed by atoms with E-state index in [1.165, 1.54) is 13.4 Å². The van der Waals surface area contributed by atoms with Crippen LogP contribution in [0, 0.1) is 0 Å². The van der Waals surface area contributed by atoms with Crippen LogP contribution in [0.1, 0.15) is 0 Å². The van der Waals surface area contributed by atoms with Crippen molar-refractivity contribution < 1.29 is 12.8 Å². The van der Waals surface area contributed by atoms with Crippen LogP contribution in [0.4, 0.5) is 0 Å². The van der Waals surface area contributed by atoms with Gasteiger partial charge in [0.2, 0.25) is 5.43 Å². The molecular weight excluding hydrogens is 216 g/mol. The Labute approximate surface area is 88.1 Å². The summed E-state index contributed by atoms with van der Waals surface area (Å²) in [7, 11) is 1.27. The van der Waals surface area contributed by atoms with Crippen molar-refractivity contribution in [3.05, 3.63) is 40.8 Å². The van der Waals surface area contributed by atoms with Crippen LogP contribution in [0.15, 0.2) is 44.6 Å². The lowest BCUT2D eigenvalue weighted by Gasteiger charge is -1.99. The Morgan fingerprint density at radius 1 is 1.33 bits per heavy atom. The van der Waals surface area contributed by atoms with Gasteiger partial charge >= 0.3 is 0 Å². The molecule has 2 rings (SSSR count). The predicted octanol–water partition coefficient (Wildman–Crippen LogP) is 1.46. The molecule has 1 aromatic heterocycles. The van der Waals surface area contributed by atoms with Gasteiger partial charge in [-0.3, -0.25) is 8.98 Å². The molecule has 0 radical (unpaired) electrons. The van der Waals surface area contributed by atoms with Gasteiger partial charge in [-0.05, 0) is 12.1 Å². The average molecular weight is 224 g/mol. The van der Waals surface area contributed by atoms with Gasteiger partial charge in [-0.2, -0.15) is 0 Å². The molecule has 0 fully saturated rings. The van der Waals surface area contributed by atoms with E-state index in [0.717, 1.165) is 0 Å². The van der Waals surface area contributed by atoms with Crippen molar-refractivity contribution in [2.24, 2.45) is 0 Å². The first kappa shape index (κ1) is 10.1. The molecule has 2 aromatic rings. The molecule has 0 aliphatic carbocycles. The summed E-state index contributed by atoms with van der Waals surface area (Å²) in [5, 5.41) is 0.403. The number of benzene rings is 1. The molecule has 1 aromatic carbocycles. The molecule has 0 aliphatic heterocycles. The molecule has 4 nitrogen and oxygen atoms in total. The smallest absolute Gasteiger partial charge is 0.211 e. The van der Waals surface area contributed by atoms with Gasteiger partial charge in [0.15, 0.2) is 11.1 Å². The Balaban J connectivity index is 2.76. The molecule has 0 saturated heterocycles. The molecule has 0 saturated carbocycles. The number of fused-ring (bicyclic) bond motifs is 1. The maximum Gasteiger partial charge on any atom is 0.211 e. The summed E-state index contributed by atoms with van der Waals surface area (Å²) in [4.78, 5) is 11.8. The lowest BCUT2D eigenvalue weighted by atomic mass is 10.2. The number of hydrogen-bond donors (Lipinski definition) is 0. The second-order valence-electron chi connectivity index (χ2n) is 2.83. The number of para-hydroxylation sites is 1. The van der Waals surface area contributed by atoms with Gasteiger partial charge in [0.1, 0.15) is 16.7 Å². The van der Waals surface area contributed by atoms with Crippen molar-refractivity contribution in [1.29, 1.82) is 0 Å². The quantitative estimate of drug-likeness (QED) is 0.775. The molecule has 0 N–H and O–H groups in total. The zero-order valence-electron chi connectivity index (χ0n) is 7.93. The van der Waals surface area contributed by atoms with Crippen molar-refractivity contribution >= 4 is 22.0 Å². The topological polar surface area (TPSA) is 56.5 Å². The molecule has 5 heteroatoms. The molecule has 15 heavy (non-hydrogen) atoms. The average Bonchev–Trinajstić information content (AvgIpc) is 2.29. The molecule has 78 valence electrons. The van der Waals surface area contributed by atoms with E-state index in [9.17, 15) is 9.00 Å². The van der Waals surface area contributed by atoms with E-state index in [1.54, 1.807) is 24.3 Å². The molecule has 0 aliphatic rings. The fourth-order valence-electron chi connectivity index (χ4n) is 1.26. The van der Waals surface area contributed by atoms with Crippen LogP contribution in [0.2, 0.25) is 0 Å². The SMILES string of the molecule is CO[S@](=O)c1coc2ccccc2c1=O. The highest BCUT2D eigenvalue weighted by Gasteiger charge is 2.11. The second kappa shape index (κ2) is 3.96. The van der Waals surface area contributed by atoms with Crippen molar-refractivity contribution in [1.82, 2.24) is 0 Å². The van der Waals surface area contributed by atoms with Crippen molar-refractivity contribution in [2.45, 2.75) is 4.90 Å². The lowest BCUT2D eigenvalue weighted by Crippen LogP contribution is -2.10. The minimum atomic E-state index is -1.76. The summed E-state index contributed by atoms with van der Waals surface area (Å²) >= 11 is -1.76. The van der Waals surface area contributed by atoms with Crippen molar-refractivity contribution in [2.75, 3.05) is 7.11 Å². The van der Waals surface area contributed by atoms with E-state index >= 15 is 0 Å². The first-order valence-corrected chi connectivity index (χ1v) is 5.28. The van der Waals surface area contributed by atoms with Crippen molar-refractivity contribution in [3.63, 3.8) is 0 Å². The van der Waals surface area contributed by atoms with Gasteiger partial charge in [0, 0.05) is 0 Å². The Morgan fingerprint density at radius 2 is 2.07 bits per heavy atom. The Kier molecular flexibility index (Phi) is 2.66. The highest BCUT2D eigenvalue weighted by molar-refractivity contribution is 7.80. The van der Waals surface area contributed by atoms with Gasteiger partial charge in [0.25, 0.3) is 0 Å². The minimum absolute atomic E-state index is 0.0243. The Bertz CT molecular complexity index is 573. The third-order valence-corrected chi connectivity index (χ3v) is 2.92. The summed E-state index contributed by atoms with van der Waals surface area (Å²) in [5.74, 6) is 0. The van der Waals surface area contributed by atoms with Crippen LogP contribution in [0.3, 0.4) is 0 Å². The second-order valence-corrected chi connectivity index (χ2v) is 4.07. The monoisotopic (exact) mass is 224 g/mol. The van der Waals surface area contributed by atoms with Crippen LogP contribution < -0.4 is 5.43 Å². The van der Waals surface area contributed by atoms with Crippen LogP contribution in [0.25, 0.3) is 11.0 Å². The third kappa shape index (κ3) is 1.71. The highest BCUT2D eigenvalue weighted by atomic mass is 32.2. The first-order valence-electron chi connectivity index (χ1n) is 4.21. The van der Waals surface area contributed by atoms with E-state index in [-0.39, 0.29) is 10.3 Å². The Morgan fingerprint density at radius 3 is 2.80 bits per heavy atom. The maximum absolute atomic E-state index is 11.8. The lowest BCUT2D eigenvalue weighted by molar-refractivity contribution is 0.442. The molecule has 0 amide bonds. The van der Waals surface area contributed by atoms with E-state index in [2.05, 4.69) is 4.18 Å². The van der Waals surface area contributed by atoms with E-state index in [1.807, 2.05) is 0 Å². The minimum Gasteiger partial charge on any atom is -0.463 e. The van der Waals surface area contributed by atoms with Crippen LogP contribution in [0.5, 0.6) is 0 Å².